The molecule has 2 nitrogen and oxygen atoms in total. The van der Waals surface area contributed by atoms with Crippen LogP contribution in [0.3, 0.4) is 0 Å². The Hall–Kier alpha value is -0.150. The van der Waals surface area contributed by atoms with Crippen molar-refractivity contribution in [2.45, 2.75) is 51.2 Å². The van der Waals surface area contributed by atoms with Crippen molar-refractivity contribution >= 4 is 0 Å². The Labute approximate surface area is 98.6 Å². The van der Waals surface area contributed by atoms with Gasteiger partial charge in [0, 0.05) is 25.7 Å². The molecule has 0 bridgehead atoms. The third kappa shape index (κ3) is 2.25. The minimum Gasteiger partial charge on any atom is -0.313 e. The van der Waals surface area contributed by atoms with E-state index in [-0.39, 0.29) is 6.04 Å². The van der Waals surface area contributed by atoms with Gasteiger partial charge in [0.25, 0.3) is 0 Å². The van der Waals surface area contributed by atoms with Crippen LogP contribution in [0, 0.1) is 5.92 Å². The zero-order valence-electron chi connectivity index (χ0n) is 10.6. The highest BCUT2D eigenvalue weighted by molar-refractivity contribution is 5.01. The molecule has 2 aliphatic heterocycles. The summed E-state index contributed by atoms with van der Waals surface area (Å²) in [7, 11) is 0. The van der Waals surface area contributed by atoms with Crippen LogP contribution in [0.1, 0.15) is 39.5 Å². The van der Waals surface area contributed by atoms with Gasteiger partial charge in [-0.2, -0.15) is 0 Å². The minimum atomic E-state index is -0.991. The molecule has 0 amide bonds. The van der Waals surface area contributed by atoms with Crippen molar-refractivity contribution in [3.05, 3.63) is 0 Å². The van der Waals surface area contributed by atoms with Gasteiger partial charge < -0.3 is 5.32 Å². The second-order valence-corrected chi connectivity index (χ2v) is 5.48. The number of nitrogens with zero attached hydrogens (tertiary/aromatic N) is 1. The van der Waals surface area contributed by atoms with Gasteiger partial charge in [0.1, 0.15) is 5.67 Å². The van der Waals surface area contributed by atoms with Crippen molar-refractivity contribution in [2.24, 2.45) is 5.92 Å². The summed E-state index contributed by atoms with van der Waals surface area (Å²) < 4.78 is 14.6. The van der Waals surface area contributed by atoms with E-state index in [4.69, 9.17) is 0 Å². The van der Waals surface area contributed by atoms with Crippen molar-refractivity contribution < 1.29 is 4.39 Å². The highest BCUT2D eigenvalue weighted by atomic mass is 19.1. The maximum Gasteiger partial charge on any atom is 0.138 e. The first kappa shape index (κ1) is 12.3. The van der Waals surface area contributed by atoms with Gasteiger partial charge in [-0.3, -0.25) is 4.90 Å². The van der Waals surface area contributed by atoms with E-state index in [1.54, 1.807) is 0 Å². The number of hydrogen-bond donors (Lipinski definition) is 1. The van der Waals surface area contributed by atoms with Crippen LogP contribution >= 0.6 is 0 Å². The SMILES string of the molecule is CCCC1CN(C2CCNCC2(F)CC)C1. The van der Waals surface area contributed by atoms with Gasteiger partial charge in [-0.15, -0.1) is 0 Å². The summed E-state index contributed by atoms with van der Waals surface area (Å²) in [6.45, 7) is 7.99. The van der Waals surface area contributed by atoms with E-state index in [2.05, 4.69) is 17.1 Å². The fraction of sp³-hybridized carbons (Fsp3) is 1.00. The molecule has 0 aromatic rings. The van der Waals surface area contributed by atoms with Gasteiger partial charge in [-0.25, -0.2) is 4.39 Å². The summed E-state index contributed by atoms with van der Waals surface area (Å²) in [5, 5.41) is 3.19. The Morgan fingerprint density at radius 1 is 1.38 bits per heavy atom. The van der Waals surface area contributed by atoms with Crippen LogP contribution in [0.2, 0.25) is 0 Å². The molecular weight excluding hydrogens is 203 g/mol. The lowest BCUT2D eigenvalue weighted by atomic mass is 9.82. The third-order valence-corrected chi connectivity index (χ3v) is 4.32. The number of nitrogens with one attached hydrogen (secondary N) is 1. The summed E-state index contributed by atoms with van der Waals surface area (Å²) in [6.07, 6.45) is 4.19. The highest BCUT2D eigenvalue weighted by Gasteiger charge is 2.46. The van der Waals surface area contributed by atoms with E-state index in [9.17, 15) is 4.39 Å². The van der Waals surface area contributed by atoms with Crippen LogP contribution in [0.5, 0.6) is 0 Å². The molecule has 16 heavy (non-hydrogen) atoms. The fourth-order valence-electron chi connectivity index (χ4n) is 3.24. The quantitative estimate of drug-likeness (QED) is 0.793. The van der Waals surface area contributed by atoms with Crippen LogP contribution < -0.4 is 5.32 Å². The van der Waals surface area contributed by atoms with Gasteiger partial charge >= 0.3 is 0 Å². The predicted molar refractivity (Wildman–Crippen MR) is 65.4 cm³/mol. The van der Waals surface area contributed by atoms with Crippen LogP contribution in [0.15, 0.2) is 0 Å². The second-order valence-electron chi connectivity index (χ2n) is 5.48. The molecule has 3 heteroatoms. The first-order chi connectivity index (χ1) is 7.69. The molecule has 0 radical (unpaired) electrons. The van der Waals surface area contributed by atoms with Crippen molar-refractivity contribution in [1.82, 2.24) is 10.2 Å². The largest absolute Gasteiger partial charge is 0.313 e. The number of rotatable bonds is 4. The highest BCUT2D eigenvalue weighted by Crippen LogP contribution is 2.34. The lowest BCUT2D eigenvalue weighted by Gasteiger charge is -2.51. The molecule has 1 N–H and O–H groups in total. The molecule has 2 heterocycles. The fourth-order valence-corrected chi connectivity index (χ4v) is 3.24. The summed E-state index contributed by atoms with van der Waals surface area (Å²) in [6, 6.07) is 0.173. The lowest BCUT2D eigenvalue weighted by molar-refractivity contribution is -0.0547. The summed E-state index contributed by atoms with van der Waals surface area (Å²) in [5.74, 6) is 0.834. The van der Waals surface area contributed by atoms with Gasteiger partial charge in [-0.05, 0) is 31.7 Å². The predicted octanol–water partition coefficient (Wildman–Crippen LogP) is 2.20. The van der Waals surface area contributed by atoms with Crippen LogP contribution in [-0.4, -0.2) is 42.8 Å². The molecule has 2 atom stereocenters. The van der Waals surface area contributed by atoms with Crippen molar-refractivity contribution in [2.75, 3.05) is 26.2 Å². The maximum atomic E-state index is 14.6. The summed E-state index contributed by atoms with van der Waals surface area (Å²) >= 11 is 0. The van der Waals surface area contributed by atoms with E-state index in [0.29, 0.717) is 13.0 Å². The molecule has 0 spiro atoms. The van der Waals surface area contributed by atoms with E-state index < -0.39 is 5.67 Å². The molecule has 2 fully saturated rings. The Bertz CT molecular complexity index is 228. The molecular formula is C13H25FN2. The molecule has 94 valence electrons. The molecule has 2 unspecified atom stereocenters. The minimum absolute atomic E-state index is 0.173. The number of likely N-dealkylation sites (tertiary alicyclic amines) is 1. The molecule has 2 saturated heterocycles. The van der Waals surface area contributed by atoms with E-state index in [1.165, 1.54) is 12.8 Å². The zero-order valence-corrected chi connectivity index (χ0v) is 10.6. The first-order valence-corrected chi connectivity index (χ1v) is 6.83. The Kier molecular flexibility index (Phi) is 3.85. The molecule has 0 aromatic heterocycles. The average Bonchev–Trinajstić information content (AvgIpc) is 2.24. The van der Waals surface area contributed by atoms with Gasteiger partial charge in [0.05, 0.1) is 0 Å². The van der Waals surface area contributed by atoms with Gasteiger partial charge in [0.15, 0.2) is 0 Å². The molecule has 0 aliphatic carbocycles. The zero-order chi connectivity index (χ0) is 11.6. The topological polar surface area (TPSA) is 15.3 Å². The van der Waals surface area contributed by atoms with Gasteiger partial charge in [0.2, 0.25) is 0 Å². The third-order valence-electron chi connectivity index (χ3n) is 4.32. The Balaban J connectivity index is 1.88. The van der Waals surface area contributed by atoms with Crippen LogP contribution in [0.25, 0.3) is 0 Å². The lowest BCUT2D eigenvalue weighted by Crippen LogP contribution is -2.64. The molecule has 2 aliphatic rings. The van der Waals surface area contributed by atoms with Crippen LogP contribution in [0.4, 0.5) is 4.39 Å². The van der Waals surface area contributed by atoms with E-state index in [1.807, 2.05) is 6.92 Å². The summed E-state index contributed by atoms with van der Waals surface area (Å²) in [4.78, 5) is 2.38. The summed E-state index contributed by atoms with van der Waals surface area (Å²) in [5.41, 5.74) is -0.991. The normalized spacial score (nSPS) is 37.3. The second kappa shape index (κ2) is 5.01. The first-order valence-electron chi connectivity index (χ1n) is 6.83. The monoisotopic (exact) mass is 228 g/mol. The molecule has 0 aromatic carbocycles. The standard InChI is InChI=1S/C13H25FN2/c1-3-5-11-8-16(9-11)12-6-7-15-10-13(12,14)4-2/h11-12,15H,3-10H2,1-2H3. The number of hydrogen-bond acceptors (Lipinski definition) is 2. The van der Waals surface area contributed by atoms with Crippen molar-refractivity contribution in [3.63, 3.8) is 0 Å². The van der Waals surface area contributed by atoms with Crippen molar-refractivity contribution in [3.8, 4) is 0 Å². The van der Waals surface area contributed by atoms with Gasteiger partial charge in [-0.1, -0.05) is 20.3 Å². The van der Waals surface area contributed by atoms with E-state index >= 15 is 0 Å². The van der Waals surface area contributed by atoms with Crippen molar-refractivity contribution in [1.29, 1.82) is 0 Å². The smallest absolute Gasteiger partial charge is 0.138 e. The number of alkyl halides is 1. The maximum absolute atomic E-state index is 14.6. The average molecular weight is 228 g/mol. The Morgan fingerprint density at radius 2 is 2.12 bits per heavy atom. The number of piperidine rings is 1. The molecule has 0 saturated carbocycles. The Morgan fingerprint density at radius 3 is 2.75 bits per heavy atom. The van der Waals surface area contributed by atoms with E-state index in [0.717, 1.165) is 32.0 Å². The molecule has 2 rings (SSSR count). The number of halogens is 1. The van der Waals surface area contributed by atoms with Crippen LogP contribution in [-0.2, 0) is 0 Å².